The molecule has 19 nitrogen and oxygen atoms in total. The normalized spacial score (nSPS) is 13.4. The predicted octanol–water partition coefficient (Wildman–Crippen LogP) is 3.52. The van der Waals surface area contributed by atoms with E-state index in [1.165, 1.54) is 0 Å². The number of hydrogen-bond donors (Lipinski definition) is 3. The van der Waals surface area contributed by atoms with Crippen molar-refractivity contribution in [2.24, 2.45) is 0 Å². The van der Waals surface area contributed by atoms with Crippen LogP contribution >= 0.6 is 0 Å². The lowest BCUT2D eigenvalue weighted by atomic mass is 10.0. The Morgan fingerprint density at radius 2 is 1.00 bits per heavy atom. The average Bonchev–Trinajstić information content (AvgIpc) is 3.49. The van der Waals surface area contributed by atoms with E-state index in [2.05, 4.69) is 20.8 Å². The molecule has 19 heteroatoms. The molecule has 3 N–H and O–H groups in total. The molecular weight excluding hydrogens is 812 g/mol. The SMILES string of the molecule is CC(C)(C)OC(=O)CCCCCCCCCCCCC(=O)NC(CCC(=O)NCCOCCOCC(=O)NCCOCCOCC(=O)ON1C(=O)CCC1=O)C(=O)OC(C)(C)C. The van der Waals surface area contributed by atoms with Crippen LogP contribution in [0.1, 0.15) is 144 Å². The first-order valence-corrected chi connectivity index (χ1v) is 22.0. The van der Waals surface area contributed by atoms with Crippen LogP contribution in [-0.2, 0) is 71.6 Å². The highest BCUT2D eigenvalue weighted by molar-refractivity contribution is 6.01. The minimum absolute atomic E-state index is 0.00361. The van der Waals surface area contributed by atoms with Crippen molar-refractivity contribution in [3.63, 3.8) is 0 Å². The average molecular weight is 887 g/mol. The van der Waals surface area contributed by atoms with Gasteiger partial charge in [0, 0.05) is 45.2 Å². The Bertz CT molecular complexity index is 1360. The highest BCUT2D eigenvalue weighted by Crippen LogP contribution is 2.16. The number of esters is 2. The van der Waals surface area contributed by atoms with E-state index in [1.807, 2.05) is 20.8 Å². The summed E-state index contributed by atoms with van der Waals surface area (Å²) in [7, 11) is 0. The molecule has 1 fully saturated rings. The zero-order chi connectivity index (χ0) is 46.2. The van der Waals surface area contributed by atoms with E-state index in [4.69, 9.17) is 28.4 Å². The van der Waals surface area contributed by atoms with Crippen LogP contribution in [0.2, 0.25) is 0 Å². The lowest BCUT2D eigenvalue weighted by Gasteiger charge is -2.24. The van der Waals surface area contributed by atoms with Gasteiger partial charge in [-0.1, -0.05) is 51.4 Å². The molecule has 1 aliphatic rings. The fourth-order valence-corrected chi connectivity index (χ4v) is 5.74. The van der Waals surface area contributed by atoms with Crippen LogP contribution < -0.4 is 16.0 Å². The largest absolute Gasteiger partial charge is 0.460 e. The molecular formula is C43H74N4O15. The maximum absolute atomic E-state index is 12.9. The van der Waals surface area contributed by atoms with Crippen LogP contribution in [0.15, 0.2) is 0 Å². The van der Waals surface area contributed by atoms with Crippen molar-refractivity contribution in [2.45, 2.75) is 162 Å². The topological polar surface area (TPSA) is 240 Å². The molecule has 0 aliphatic carbocycles. The molecule has 1 unspecified atom stereocenters. The number of rotatable bonds is 35. The van der Waals surface area contributed by atoms with E-state index in [0.717, 1.165) is 57.8 Å². The summed E-state index contributed by atoms with van der Waals surface area (Å²) in [5.74, 6) is -3.67. The Kier molecular flexibility index (Phi) is 29.2. The summed E-state index contributed by atoms with van der Waals surface area (Å²) in [5.41, 5.74) is -1.20. The molecule has 356 valence electrons. The minimum Gasteiger partial charge on any atom is -0.460 e. The third kappa shape index (κ3) is 31.6. The van der Waals surface area contributed by atoms with Gasteiger partial charge < -0.3 is 49.2 Å². The maximum Gasteiger partial charge on any atom is 0.358 e. The Morgan fingerprint density at radius 3 is 1.53 bits per heavy atom. The second-order valence-electron chi connectivity index (χ2n) is 16.9. The lowest BCUT2D eigenvalue weighted by Crippen LogP contribution is -2.44. The maximum atomic E-state index is 12.9. The monoisotopic (exact) mass is 887 g/mol. The third-order valence-electron chi connectivity index (χ3n) is 8.67. The Balaban J connectivity index is 2.09. The van der Waals surface area contributed by atoms with Gasteiger partial charge in [-0.25, -0.2) is 9.59 Å². The van der Waals surface area contributed by atoms with E-state index in [1.54, 1.807) is 20.8 Å². The highest BCUT2D eigenvalue weighted by Gasteiger charge is 2.33. The van der Waals surface area contributed by atoms with Crippen LogP contribution in [0.25, 0.3) is 0 Å². The number of carbonyl (C=O) groups excluding carboxylic acids is 8. The zero-order valence-electron chi connectivity index (χ0n) is 38.0. The van der Waals surface area contributed by atoms with Crippen LogP contribution in [0.3, 0.4) is 0 Å². The standard InChI is InChI=1S/C43H74N4O15/c1-42(2,3)60-39(53)18-16-14-12-10-8-7-9-11-13-15-17-35(49)46-33(41(55)61-43(4,5)6)19-20-34(48)44-23-25-56-27-29-58-31-36(50)45-24-26-57-28-30-59-32-40(54)62-47-37(51)21-22-38(47)52/h33H,7-32H2,1-6H3,(H,44,48)(H,45,50)(H,46,49). The van der Waals surface area contributed by atoms with Crippen molar-refractivity contribution in [3.8, 4) is 0 Å². The molecule has 0 spiro atoms. The summed E-state index contributed by atoms with van der Waals surface area (Å²) in [6.07, 6.45) is 10.9. The van der Waals surface area contributed by atoms with Gasteiger partial charge in [0.2, 0.25) is 17.7 Å². The second-order valence-corrected chi connectivity index (χ2v) is 16.9. The van der Waals surface area contributed by atoms with E-state index in [9.17, 15) is 38.4 Å². The lowest BCUT2D eigenvalue weighted by molar-refractivity contribution is -0.200. The Labute approximate surface area is 367 Å². The molecule has 1 heterocycles. The zero-order valence-corrected chi connectivity index (χ0v) is 38.0. The first-order chi connectivity index (χ1) is 29.4. The molecule has 0 radical (unpaired) electrons. The molecule has 0 bridgehead atoms. The number of carbonyl (C=O) groups is 8. The molecule has 0 aromatic heterocycles. The number of ether oxygens (including phenoxy) is 6. The molecule has 1 aliphatic heterocycles. The Morgan fingerprint density at radius 1 is 0.532 bits per heavy atom. The summed E-state index contributed by atoms with van der Waals surface area (Å²) >= 11 is 0. The summed E-state index contributed by atoms with van der Waals surface area (Å²) in [4.78, 5) is 101. The number of hydroxylamine groups is 2. The van der Waals surface area contributed by atoms with Crippen molar-refractivity contribution in [1.82, 2.24) is 21.0 Å². The smallest absolute Gasteiger partial charge is 0.358 e. The molecule has 5 amide bonds. The minimum atomic E-state index is -0.955. The van der Waals surface area contributed by atoms with Crippen LogP contribution in [0.5, 0.6) is 0 Å². The van der Waals surface area contributed by atoms with E-state index in [0.29, 0.717) is 17.9 Å². The molecule has 62 heavy (non-hydrogen) atoms. The summed E-state index contributed by atoms with van der Waals surface area (Å²) in [5, 5.41) is 8.55. The molecule has 1 atom stereocenters. The van der Waals surface area contributed by atoms with E-state index >= 15 is 0 Å². The molecule has 1 rings (SSSR count). The fraction of sp³-hybridized carbons (Fsp3) is 0.814. The van der Waals surface area contributed by atoms with Gasteiger partial charge in [0.1, 0.15) is 30.5 Å². The van der Waals surface area contributed by atoms with Gasteiger partial charge in [-0.15, -0.1) is 5.06 Å². The van der Waals surface area contributed by atoms with Crippen molar-refractivity contribution in [1.29, 1.82) is 0 Å². The van der Waals surface area contributed by atoms with Crippen LogP contribution in [0, 0.1) is 0 Å². The quantitative estimate of drug-likeness (QED) is 0.0469. The number of imide groups is 1. The van der Waals surface area contributed by atoms with Crippen molar-refractivity contribution >= 4 is 47.4 Å². The molecule has 0 saturated carbocycles. The van der Waals surface area contributed by atoms with Gasteiger partial charge >= 0.3 is 17.9 Å². The number of nitrogens with one attached hydrogen (secondary N) is 3. The van der Waals surface area contributed by atoms with E-state index in [-0.39, 0.29) is 115 Å². The van der Waals surface area contributed by atoms with Crippen molar-refractivity contribution in [2.75, 3.05) is 65.9 Å². The van der Waals surface area contributed by atoms with Crippen molar-refractivity contribution < 1.29 is 71.6 Å². The molecule has 0 aromatic carbocycles. The summed E-state index contributed by atoms with van der Waals surface area (Å²) < 4.78 is 31.9. The number of hydrogen-bond acceptors (Lipinski definition) is 15. The van der Waals surface area contributed by atoms with E-state index < -0.39 is 47.6 Å². The third-order valence-corrected chi connectivity index (χ3v) is 8.67. The van der Waals surface area contributed by atoms with Gasteiger partial charge in [0.05, 0.1) is 39.6 Å². The van der Waals surface area contributed by atoms with Gasteiger partial charge in [-0.05, 0) is 60.8 Å². The predicted molar refractivity (Wildman–Crippen MR) is 225 cm³/mol. The summed E-state index contributed by atoms with van der Waals surface area (Å²) in [6.45, 7) is 11.5. The molecule has 0 aromatic rings. The first-order valence-electron chi connectivity index (χ1n) is 22.0. The van der Waals surface area contributed by atoms with Crippen LogP contribution in [-0.4, -0.2) is 136 Å². The number of unbranched alkanes of at least 4 members (excludes halogenated alkanes) is 9. The van der Waals surface area contributed by atoms with Gasteiger partial charge in [-0.3, -0.25) is 28.8 Å². The van der Waals surface area contributed by atoms with Gasteiger partial charge in [0.25, 0.3) is 11.8 Å². The Hall–Kier alpha value is -4.20. The molecule has 1 saturated heterocycles. The van der Waals surface area contributed by atoms with Crippen LogP contribution in [0.4, 0.5) is 0 Å². The summed E-state index contributed by atoms with van der Waals surface area (Å²) in [6, 6.07) is -0.955. The number of nitrogens with zero attached hydrogens (tertiary/aromatic N) is 1. The number of amides is 5. The van der Waals surface area contributed by atoms with Gasteiger partial charge in [0.15, 0.2) is 0 Å². The highest BCUT2D eigenvalue weighted by atomic mass is 16.7. The fourth-order valence-electron chi connectivity index (χ4n) is 5.74. The first kappa shape index (κ1) is 55.8. The van der Waals surface area contributed by atoms with Gasteiger partial charge in [-0.2, -0.15) is 0 Å². The second kappa shape index (κ2) is 32.5. The van der Waals surface area contributed by atoms with Crippen molar-refractivity contribution in [3.05, 3.63) is 0 Å².